The number of nitrogens with zero attached hydrogens (tertiary/aromatic N) is 1. The van der Waals surface area contributed by atoms with Crippen LogP contribution < -0.4 is 4.74 Å². The van der Waals surface area contributed by atoms with Crippen LogP contribution in [-0.4, -0.2) is 41.6 Å². The fourth-order valence-corrected chi connectivity index (χ4v) is 2.45. The number of amides is 1. The Morgan fingerprint density at radius 3 is 2.22 bits per heavy atom. The van der Waals surface area contributed by atoms with Crippen LogP contribution in [0.15, 0.2) is 54.6 Å². The number of carboxylic acids is 1. The van der Waals surface area contributed by atoms with Crippen molar-refractivity contribution in [2.24, 2.45) is 5.92 Å². The van der Waals surface area contributed by atoms with Crippen molar-refractivity contribution in [1.29, 1.82) is 0 Å². The van der Waals surface area contributed by atoms with Crippen LogP contribution in [0.4, 0.5) is 0 Å². The van der Waals surface area contributed by atoms with Crippen LogP contribution in [0, 0.1) is 5.92 Å². The second-order valence-corrected chi connectivity index (χ2v) is 5.51. The summed E-state index contributed by atoms with van der Waals surface area (Å²) in [6.07, 6.45) is 0. The van der Waals surface area contributed by atoms with E-state index in [4.69, 9.17) is 9.84 Å². The summed E-state index contributed by atoms with van der Waals surface area (Å²) in [5, 5.41) is 8.79. The Kier molecular flexibility index (Phi) is 4.28. The summed E-state index contributed by atoms with van der Waals surface area (Å²) in [6.45, 7) is 0.464. The third-order valence-electron chi connectivity index (χ3n) is 3.91. The topological polar surface area (TPSA) is 66.8 Å². The van der Waals surface area contributed by atoms with Crippen molar-refractivity contribution in [3.8, 4) is 16.9 Å². The van der Waals surface area contributed by atoms with Gasteiger partial charge in [-0.25, -0.2) is 0 Å². The molecule has 0 spiro atoms. The molecule has 1 N–H and O–H groups in total. The van der Waals surface area contributed by atoms with E-state index in [-0.39, 0.29) is 25.6 Å². The minimum Gasteiger partial charge on any atom is -0.484 e. The second kappa shape index (κ2) is 6.52. The molecule has 0 aromatic heterocycles. The first kappa shape index (κ1) is 15.1. The van der Waals surface area contributed by atoms with Gasteiger partial charge in [-0.2, -0.15) is 0 Å². The molecule has 5 nitrogen and oxygen atoms in total. The van der Waals surface area contributed by atoms with E-state index in [1.54, 1.807) is 0 Å². The van der Waals surface area contributed by atoms with Gasteiger partial charge in [0.25, 0.3) is 5.91 Å². The molecule has 118 valence electrons. The molecule has 1 fully saturated rings. The van der Waals surface area contributed by atoms with Crippen LogP contribution >= 0.6 is 0 Å². The Hall–Kier alpha value is -2.82. The smallest absolute Gasteiger partial charge is 0.310 e. The molecule has 2 aromatic rings. The summed E-state index contributed by atoms with van der Waals surface area (Å²) in [6, 6.07) is 17.5. The maximum Gasteiger partial charge on any atom is 0.310 e. The van der Waals surface area contributed by atoms with Crippen molar-refractivity contribution in [3.63, 3.8) is 0 Å². The van der Waals surface area contributed by atoms with Crippen molar-refractivity contribution in [1.82, 2.24) is 4.90 Å². The van der Waals surface area contributed by atoms with Crippen LogP contribution in [0.5, 0.6) is 5.75 Å². The minimum absolute atomic E-state index is 0.0724. The zero-order valence-electron chi connectivity index (χ0n) is 12.5. The Morgan fingerprint density at radius 2 is 1.61 bits per heavy atom. The number of hydrogen-bond donors (Lipinski definition) is 1. The highest BCUT2D eigenvalue weighted by atomic mass is 16.5. The van der Waals surface area contributed by atoms with Gasteiger partial charge in [0.15, 0.2) is 6.61 Å². The number of rotatable bonds is 5. The quantitative estimate of drug-likeness (QED) is 0.920. The summed E-state index contributed by atoms with van der Waals surface area (Å²) in [7, 11) is 0. The lowest BCUT2D eigenvalue weighted by Crippen LogP contribution is -2.54. The number of aliphatic carboxylic acids is 1. The third kappa shape index (κ3) is 3.51. The molecule has 0 radical (unpaired) electrons. The average molecular weight is 311 g/mol. The predicted octanol–water partition coefficient (Wildman–Crippen LogP) is 2.28. The van der Waals surface area contributed by atoms with Gasteiger partial charge in [-0.05, 0) is 23.3 Å². The van der Waals surface area contributed by atoms with Gasteiger partial charge in [-0.1, -0.05) is 42.5 Å². The Morgan fingerprint density at radius 1 is 1.00 bits per heavy atom. The molecule has 3 rings (SSSR count). The number of benzene rings is 2. The Balaban J connectivity index is 1.51. The normalized spacial score (nSPS) is 14.2. The summed E-state index contributed by atoms with van der Waals surface area (Å²) >= 11 is 0. The molecule has 23 heavy (non-hydrogen) atoms. The van der Waals surface area contributed by atoms with Gasteiger partial charge in [-0.3, -0.25) is 9.59 Å². The molecule has 0 aliphatic carbocycles. The molecular formula is C18H17NO4. The number of likely N-dealkylation sites (tertiary alicyclic amines) is 1. The Bertz CT molecular complexity index is 691. The van der Waals surface area contributed by atoms with Crippen molar-refractivity contribution in [2.45, 2.75) is 0 Å². The molecule has 1 aliphatic rings. The van der Waals surface area contributed by atoms with Crippen LogP contribution in [0.2, 0.25) is 0 Å². The van der Waals surface area contributed by atoms with Gasteiger partial charge in [0, 0.05) is 13.1 Å². The lowest BCUT2D eigenvalue weighted by molar-refractivity contribution is -0.153. The van der Waals surface area contributed by atoms with Gasteiger partial charge in [-0.15, -0.1) is 0 Å². The van der Waals surface area contributed by atoms with Crippen molar-refractivity contribution in [2.75, 3.05) is 19.7 Å². The first-order valence-corrected chi connectivity index (χ1v) is 7.42. The number of ether oxygens (including phenoxy) is 1. The molecule has 2 aromatic carbocycles. The molecule has 5 heteroatoms. The molecule has 1 heterocycles. The van der Waals surface area contributed by atoms with Crippen LogP contribution in [0.25, 0.3) is 11.1 Å². The predicted molar refractivity (Wildman–Crippen MR) is 85.1 cm³/mol. The Labute approximate surface area is 134 Å². The highest BCUT2D eigenvalue weighted by Crippen LogP contribution is 2.22. The summed E-state index contributed by atoms with van der Waals surface area (Å²) in [4.78, 5) is 24.1. The SMILES string of the molecule is O=C(O)C1CN(C(=O)COc2ccc(-c3ccccc3)cc2)C1. The summed E-state index contributed by atoms with van der Waals surface area (Å²) in [5.74, 6) is -0.862. The summed E-state index contributed by atoms with van der Waals surface area (Å²) in [5.41, 5.74) is 2.20. The van der Waals surface area contributed by atoms with Gasteiger partial charge in [0.2, 0.25) is 0 Å². The molecule has 0 saturated carbocycles. The highest BCUT2D eigenvalue weighted by Gasteiger charge is 2.35. The molecule has 1 saturated heterocycles. The maximum absolute atomic E-state index is 11.9. The first-order valence-electron chi connectivity index (χ1n) is 7.42. The van der Waals surface area contributed by atoms with Crippen molar-refractivity contribution < 1.29 is 19.4 Å². The minimum atomic E-state index is -0.855. The van der Waals surface area contributed by atoms with E-state index < -0.39 is 11.9 Å². The number of carbonyl (C=O) groups is 2. The molecule has 0 bridgehead atoms. The molecule has 0 unspecified atom stereocenters. The average Bonchev–Trinajstić information content (AvgIpc) is 2.52. The standard InChI is InChI=1S/C18H17NO4/c20-17(19-10-15(11-19)18(21)22)12-23-16-8-6-14(7-9-16)13-4-2-1-3-5-13/h1-9,15H,10-12H2,(H,21,22). The summed E-state index contributed by atoms with van der Waals surface area (Å²) < 4.78 is 5.47. The van der Waals surface area contributed by atoms with E-state index >= 15 is 0 Å². The van der Waals surface area contributed by atoms with Crippen LogP contribution in [-0.2, 0) is 9.59 Å². The maximum atomic E-state index is 11.9. The van der Waals surface area contributed by atoms with Crippen molar-refractivity contribution in [3.05, 3.63) is 54.6 Å². The van der Waals surface area contributed by atoms with E-state index in [0.717, 1.165) is 11.1 Å². The van der Waals surface area contributed by atoms with E-state index in [1.165, 1.54) is 4.90 Å². The molecule has 0 atom stereocenters. The fourth-order valence-electron chi connectivity index (χ4n) is 2.45. The lowest BCUT2D eigenvalue weighted by atomic mass is 10.0. The zero-order valence-corrected chi connectivity index (χ0v) is 12.5. The monoisotopic (exact) mass is 311 g/mol. The number of hydrogen-bond acceptors (Lipinski definition) is 3. The molecular weight excluding hydrogens is 294 g/mol. The van der Waals surface area contributed by atoms with Gasteiger partial charge < -0.3 is 14.7 Å². The number of carboxylic acid groups (broad SMARTS) is 1. The van der Waals surface area contributed by atoms with Gasteiger partial charge in [0.1, 0.15) is 5.75 Å². The molecule has 1 aliphatic heterocycles. The zero-order chi connectivity index (χ0) is 16.2. The number of carbonyl (C=O) groups excluding carboxylic acids is 1. The van der Waals surface area contributed by atoms with E-state index in [9.17, 15) is 9.59 Å². The highest BCUT2D eigenvalue weighted by molar-refractivity contribution is 5.82. The van der Waals surface area contributed by atoms with E-state index in [2.05, 4.69) is 0 Å². The van der Waals surface area contributed by atoms with Gasteiger partial charge >= 0.3 is 5.97 Å². The lowest BCUT2D eigenvalue weighted by Gasteiger charge is -2.36. The third-order valence-corrected chi connectivity index (χ3v) is 3.91. The molecule has 1 amide bonds. The largest absolute Gasteiger partial charge is 0.484 e. The van der Waals surface area contributed by atoms with Crippen LogP contribution in [0.1, 0.15) is 0 Å². The van der Waals surface area contributed by atoms with E-state index in [1.807, 2.05) is 54.6 Å². The van der Waals surface area contributed by atoms with Crippen LogP contribution in [0.3, 0.4) is 0 Å². The van der Waals surface area contributed by atoms with E-state index in [0.29, 0.717) is 5.75 Å². The first-order chi connectivity index (χ1) is 11.1. The van der Waals surface area contributed by atoms with Gasteiger partial charge in [0.05, 0.1) is 5.92 Å². The second-order valence-electron chi connectivity index (χ2n) is 5.51. The van der Waals surface area contributed by atoms with Crippen molar-refractivity contribution >= 4 is 11.9 Å². The fraction of sp³-hybridized carbons (Fsp3) is 0.222.